The molecule has 10 heteroatoms. The maximum Gasteiger partial charge on any atom is 0.271 e. The van der Waals surface area contributed by atoms with E-state index in [1.54, 1.807) is 35.9 Å². The fourth-order valence-electron chi connectivity index (χ4n) is 4.64. The number of fused-ring (bicyclic) bond motifs is 1. The van der Waals surface area contributed by atoms with Gasteiger partial charge in [-0.3, -0.25) is 18.8 Å². The zero-order chi connectivity index (χ0) is 27.1. The number of hydrogen-bond acceptors (Lipinski definition) is 7. The van der Waals surface area contributed by atoms with Gasteiger partial charge < -0.3 is 15.2 Å². The van der Waals surface area contributed by atoms with Gasteiger partial charge in [-0.05, 0) is 56.7 Å². The van der Waals surface area contributed by atoms with Crippen molar-refractivity contribution in [1.29, 1.82) is 0 Å². The summed E-state index contributed by atoms with van der Waals surface area (Å²) in [6.07, 6.45) is 1.83. The number of anilines is 1. The number of nitrogens with zero attached hydrogens (tertiary/aromatic N) is 4. The summed E-state index contributed by atoms with van der Waals surface area (Å²) in [5.74, 6) is -0.173. The van der Waals surface area contributed by atoms with Crippen LogP contribution < -0.4 is 24.9 Å². The molecule has 0 fully saturated rings. The monoisotopic (exact) mass is 529 g/mol. The summed E-state index contributed by atoms with van der Waals surface area (Å²) in [5.41, 5.74) is 4.41. The minimum Gasteiger partial charge on any atom is -0.504 e. The van der Waals surface area contributed by atoms with E-state index in [0.29, 0.717) is 31.9 Å². The zero-order valence-electron chi connectivity index (χ0n) is 21.6. The molecular weight excluding hydrogens is 502 g/mol. The van der Waals surface area contributed by atoms with E-state index in [9.17, 15) is 14.7 Å². The lowest BCUT2D eigenvalue weighted by Gasteiger charge is -2.25. The molecule has 194 valence electrons. The molecule has 0 unspecified atom stereocenters. The number of phenolic OH excluding ortho intramolecular Hbond substituents is 1. The van der Waals surface area contributed by atoms with E-state index in [2.05, 4.69) is 15.4 Å². The molecule has 2 aromatic heterocycles. The quantitative estimate of drug-likeness (QED) is 0.413. The first-order valence-corrected chi connectivity index (χ1v) is 12.8. The van der Waals surface area contributed by atoms with Gasteiger partial charge in [-0.1, -0.05) is 35.6 Å². The van der Waals surface area contributed by atoms with Crippen LogP contribution in [0.3, 0.4) is 0 Å². The van der Waals surface area contributed by atoms with Gasteiger partial charge in [-0.25, -0.2) is 4.99 Å². The van der Waals surface area contributed by atoms with Crippen molar-refractivity contribution in [2.75, 3.05) is 12.4 Å². The Morgan fingerprint density at radius 3 is 2.55 bits per heavy atom. The lowest BCUT2D eigenvalue weighted by atomic mass is 9.94. The molecule has 4 aromatic rings. The highest BCUT2D eigenvalue weighted by molar-refractivity contribution is 7.07. The molecule has 0 radical (unpaired) electrons. The zero-order valence-corrected chi connectivity index (χ0v) is 22.5. The molecule has 1 atom stereocenters. The molecule has 3 heterocycles. The number of nitrogens with one attached hydrogen (secondary N) is 1. The summed E-state index contributed by atoms with van der Waals surface area (Å²) in [5, 5.41) is 17.6. The number of carbonyl (C=O) groups excluding carboxylic acids is 1. The lowest BCUT2D eigenvalue weighted by molar-refractivity contribution is -0.113. The molecule has 2 N–H and O–H groups in total. The van der Waals surface area contributed by atoms with Crippen molar-refractivity contribution in [3.8, 4) is 11.5 Å². The van der Waals surface area contributed by atoms with Gasteiger partial charge in [0, 0.05) is 24.0 Å². The number of aryl methyl sites for hydroxylation is 2. The number of phenols is 1. The van der Waals surface area contributed by atoms with E-state index in [4.69, 9.17) is 4.74 Å². The summed E-state index contributed by atoms with van der Waals surface area (Å²) >= 11 is 1.26. The maximum atomic E-state index is 13.9. The molecular formula is C28H27N5O4S. The molecule has 2 aromatic carbocycles. The fraction of sp³-hybridized carbons (Fsp3) is 0.214. The van der Waals surface area contributed by atoms with Crippen molar-refractivity contribution >= 4 is 29.0 Å². The van der Waals surface area contributed by atoms with Crippen LogP contribution in [-0.4, -0.2) is 32.5 Å². The van der Waals surface area contributed by atoms with Gasteiger partial charge in [-0.15, -0.1) is 0 Å². The number of methoxy groups -OCH3 is 1. The number of allylic oxidation sites excluding steroid dienone is 1. The van der Waals surface area contributed by atoms with Crippen LogP contribution in [0.15, 0.2) is 69.6 Å². The van der Waals surface area contributed by atoms with Crippen molar-refractivity contribution in [3.63, 3.8) is 0 Å². The van der Waals surface area contributed by atoms with Crippen LogP contribution in [0.25, 0.3) is 6.08 Å². The van der Waals surface area contributed by atoms with E-state index in [-0.39, 0.29) is 23.0 Å². The Morgan fingerprint density at radius 2 is 1.89 bits per heavy atom. The number of aromatic nitrogens is 3. The number of aromatic hydroxyl groups is 1. The summed E-state index contributed by atoms with van der Waals surface area (Å²) in [6.45, 7) is 5.61. The van der Waals surface area contributed by atoms with Crippen LogP contribution in [0.1, 0.15) is 35.5 Å². The van der Waals surface area contributed by atoms with Crippen molar-refractivity contribution in [1.82, 2.24) is 14.3 Å². The van der Waals surface area contributed by atoms with Crippen molar-refractivity contribution in [2.45, 2.75) is 26.8 Å². The maximum absolute atomic E-state index is 13.9. The van der Waals surface area contributed by atoms with Gasteiger partial charge in [0.1, 0.15) is 0 Å². The third kappa shape index (κ3) is 4.32. The smallest absolute Gasteiger partial charge is 0.271 e. The minimum atomic E-state index is -0.789. The van der Waals surface area contributed by atoms with E-state index < -0.39 is 6.04 Å². The SMILES string of the molecule is COc1cc([C@@H]2C(C(=O)Nc3ccccc3)=C(C)N=c3s/c(=C\c4c(C)nn(C)c4C)c(=O)n32)ccc1O. The first-order chi connectivity index (χ1) is 18.2. The average Bonchev–Trinajstić information content (AvgIpc) is 3.33. The average molecular weight is 530 g/mol. The van der Waals surface area contributed by atoms with Gasteiger partial charge in [0.2, 0.25) is 0 Å². The van der Waals surface area contributed by atoms with Crippen LogP contribution >= 0.6 is 11.3 Å². The first-order valence-electron chi connectivity index (χ1n) is 12.0. The van der Waals surface area contributed by atoms with Crippen molar-refractivity contribution < 1.29 is 14.6 Å². The summed E-state index contributed by atoms with van der Waals surface area (Å²) < 4.78 is 9.13. The normalized spacial score (nSPS) is 15.3. The largest absolute Gasteiger partial charge is 0.504 e. The molecule has 5 rings (SSSR count). The molecule has 1 aliphatic rings. The van der Waals surface area contributed by atoms with E-state index in [1.807, 2.05) is 45.2 Å². The van der Waals surface area contributed by atoms with Crippen LogP contribution in [0, 0.1) is 13.8 Å². The third-order valence-electron chi connectivity index (χ3n) is 6.66. The Kier molecular flexibility index (Phi) is 6.50. The van der Waals surface area contributed by atoms with Crippen molar-refractivity contribution in [2.24, 2.45) is 12.0 Å². The topological polar surface area (TPSA) is 111 Å². The number of para-hydroxylation sites is 1. The molecule has 1 aliphatic heterocycles. The molecule has 0 saturated heterocycles. The molecule has 0 bridgehead atoms. The van der Waals surface area contributed by atoms with E-state index in [1.165, 1.54) is 29.1 Å². The van der Waals surface area contributed by atoms with E-state index >= 15 is 0 Å². The van der Waals surface area contributed by atoms with Crippen LogP contribution in [0.2, 0.25) is 0 Å². The first kappa shape index (κ1) is 25.2. The summed E-state index contributed by atoms with van der Waals surface area (Å²) in [6, 6.07) is 13.1. The highest BCUT2D eigenvalue weighted by atomic mass is 32.1. The van der Waals surface area contributed by atoms with E-state index in [0.717, 1.165) is 17.0 Å². The Morgan fingerprint density at radius 1 is 1.16 bits per heavy atom. The molecule has 0 spiro atoms. The summed E-state index contributed by atoms with van der Waals surface area (Å²) in [7, 11) is 3.31. The number of hydrogen-bond donors (Lipinski definition) is 2. The highest BCUT2D eigenvalue weighted by Crippen LogP contribution is 2.35. The van der Waals surface area contributed by atoms with Gasteiger partial charge in [0.05, 0.1) is 34.6 Å². The standard InChI is InChI=1S/C28H27N5O4S/c1-15-20(17(3)32(4)31-15)14-23-27(36)33-25(18-11-12-21(34)22(13-18)37-5)24(16(2)29-28(33)38-23)26(35)30-19-9-7-6-8-10-19/h6-14,25,34H,1-5H3,(H,30,35)/b23-14-/t25-/m1/s1. The van der Waals surface area contributed by atoms with Gasteiger partial charge in [0.15, 0.2) is 16.3 Å². The van der Waals surface area contributed by atoms with Crippen LogP contribution in [0.4, 0.5) is 5.69 Å². The molecule has 38 heavy (non-hydrogen) atoms. The van der Waals surface area contributed by atoms with Crippen LogP contribution in [-0.2, 0) is 11.8 Å². The Labute approximate surface area is 222 Å². The predicted molar refractivity (Wildman–Crippen MR) is 146 cm³/mol. The third-order valence-corrected chi connectivity index (χ3v) is 7.64. The molecule has 9 nitrogen and oxygen atoms in total. The second-order valence-electron chi connectivity index (χ2n) is 9.04. The number of thiazole rings is 1. The number of rotatable bonds is 5. The number of amides is 1. The van der Waals surface area contributed by atoms with Gasteiger partial charge >= 0.3 is 0 Å². The molecule has 0 aliphatic carbocycles. The summed E-state index contributed by atoms with van der Waals surface area (Å²) in [4.78, 5) is 32.7. The predicted octanol–water partition coefficient (Wildman–Crippen LogP) is 2.94. The lowest BCUT2D eigenvalue weighted by Crippen LogP contribution is -2.40. The second kappa shape index (κ2) is 9.79. The number of benzene rings is 2. The van der Waals surface area contributed by atoms with Gasteiger partial charge in [-0.2, -0.15) is 5.10 Å². The minimum absolute atomic E-state index is 0.0397. The number of carbonyl (C=O) groups is 1. The Balaban J connectivity index is 1.73. The van der Waals surface area contributed by atoms with Gasteiger partial charge in [0.25, 0.3) is 11.5 Å². The highest BCUT2D eigenvalue weighted by Gasteiger charge is 2.33. The molecule has 0 saturated carbocycles. The van der Waals surface area contributed by atoms with Crippen molar-refractivity contribution in [3.05, 3.63) is 102 Å². The Bertz CT molecular complexity index is 1780. The molecule has 1 amide bonds. The Hall–Kier alpha value is -4.44. The fourth-order valence-corrected chi connectivity index (χ4v) is 5.67. The van der Waals surface area contributed by atoms with Crippen LogP contribution in [0.5, 0.6) is 11.5 Å². The second-order valence-corrected chi connectivity index (χ2v) is 10.1. The number of ether oxygens (including phenoxy) is 1.